The van der Waals surface area contributed by atoms with E-state index in [1.54, 1.807) is 18.5 Å². The summed E-state index contributed by atoms with van der Waals surface area (Å²) in [7, 11) is -2.51. The van der Waals surface area contributed by atoms with Gasteiger partial charge in [-0.3, -0.25) is 14.6 Å². The number of pyridine rings is 1. The Morgan fingerprint density at radius 2 is 2.13 bits per heavy atom. The second kappa shape index (κ2) is 7.04. The van der Waals surface area contributed by atoms with Gasteiger partial charge in [-0.15, -0.1) is 0 Å². The quantitative estimate of drug-likeness (QED) is 0.787. The summed E-state index contributed by atoms with van der Waals surface area (Å²) in [4.78, 5) is 30.0. The largest absolute Gasteiger partial charge is 0.327 e. The summed E-state index contributed by atoms with van der Waals surface area (Å²) >= 11 is 0. The molecule has 2 heterocycles. The van der Waals surface area contributed by atoms with Gasteiger partial charge < -0.3 is 4.90 Å². The molecule has 1 aliphatic rings. The second-order valence-corrected chi connectivity index (χ2v) is 8.47. The van der Waals surface area contributed by atoms with Gasteiger partial charge in [-0.2, -0.15) is 4.36 Å². The highest BCUT2D eigenvalue weighted by Gasteiger charge is 2.33. The lowest BCUT2D eigenvalue weighted by Gasteiger charge is -2.20. The van der Waals surface area contributed by atoms with Crippen LogP contribution in [0.3, 0.4) is 0 Å². The molecule has 7 heteroatoms. The monoisotopic (exact) mass is 335 g/mol. The van der Waals surface area contributed by atoms with Crippen molar-refractivity contribution in [2.45, 2.75) is 25.8 Å². The number of likely N-dealkylation sites (tertiary alicyclic amines) is 1. The van der Waals surface area contributed by atoms with Crippen molar-refractivity contribution in [3.05, 3.63) is 35.7 Å². The van der Waals surface area contributed by atoms with Crippen LogP contribution in [0.25, 0.3) is 6.08 Å². The summed E-state index contributed by atoms with van der Waals surface area (Å²) < 4.78 is 15.4. The van der Waals surface area contributed by atoms with E-state index in [1.165, 1.54) is 23.5 Å². The van der Waals surface area contributed by atoms with Crippen molar-refractivity contribution in [2.24, 2.45) is 4.36 Å². The lowest BCUT2D eigenvalue weighted by Crippen LogP contribution is -2.39. The number of amides is 2. The Morgan fingerprint density at radius 3 is 2.78 bits per heavy atom. The average Bonchev–Trinajstić information content (AvgIpc) is 2.92. The molecule has 0 N–H and O–H groups in total. The molecule has 1 aromatic rings. The third-order valence-corrected chi connectivity index (χ3v) is 4.06. The van der Waals surface area contributed by atoms with E-state index in [-0.39, 0.29) is 5.91 Å². The number of nitrogens with zero attached hydrogens (tertiary/aromatic N) is 3. The third kappa shape index (κ3) is 4.99. The third-order valence-electron chi connectivity index (χ3n) is 3.45. The van der Waals surface area contributed by atoms with E-state index in [0.29, 0.717) is 13.0 Å². The van der Waals surface area contributed by atoms with E-state index in [2.05, 4.69) is 9.35 Å². The number of hydrogen-bond acceptors (Lipinski definition) is 4. The first-order valence-corrected chi connectivity index (χ1v) is 9.71. The fourth-order valence-corrected chi connectivity index (χ4v) is 3.05. The van der Waals surface area contributed by atoms with E-state index in [9.17, 15) is 13.8 Å². The van der Waals surface area contributed by atoms with Gasteiger partial charge in [0, 0.05) is 47.3 Å². The highest BCUT2D eigenvalue weighted by atomic mass is 32.2. The van der Waals surface area contributed by atoms with Crippen LogP contribution in [0.2, 0.25) is 0 Å². The molecule has 1 fully saturated rings. The number of carbonyl (C=O) groups is 2. The summed E-state index contributed by atoms with van der Waals surface area (Å²) in [6, 6.07) is 1.31. The van der Waals surface area contributed by atoms with Gasteiger partial charge in [-0.1, -0.05) is 0 Å². The molecular weight excluding hydrogens is 314 g/mol. The predicted molar refractivity (Wildman–Crippen MR) is 90.2 cm³/mol. The van der Waals surface area contributed by atoms with Crippen molar-refractivity contribution in [2.75, 3.05) is 19.1 Å². The molecule has 0 spiro atoms. The lowest BCUT2D eigenvalue weighted by molar-refractivity contribution is -0.133. The van der Waals surface area contributed by atoms with Crippen LogP contribution < -0.4 is 0 Å². The number of carbonyl (C=O) groups excluding carboxylic acids is 2. The van der Waals surface area contributed by atoms with Gasteiger partial charge in [-0.05, 0) is 43.0 Å². The van der Waals surface area contributed by atoms with Crippen LogP contribution >= 0.6 is 0 Å². The van der Waals surface area contributed by atoms with Crippen molar-refractivity contribution in [3.63, 3.8) is 0 Å². The smallest absolute Gasteiger partial charge is 0.276 e. The first kappa shape index (κ1) is 17.3. The maximum Gasteiger partial charge on any atom is 0.276 e. The fraction of sp³-hybridized carbons (Fsp3) is 0.438. The van der Waals surface area contributed by atoms with Gasteiger partial charge >= 0.3 is 0 Å². The Balaban J connectivity index is 2.12. The minimum Gasteiger partial charge on any atom is -0.327 e. The number of rotatable bonds is 3. The molecule has 0 radical (unpaired) electrons. The first-order chi connectivity index (χ1) is 10.8. The Morgan fingerprint density at radius 1 is 1.39 bits per heavy atom. The number of aromatic nitrogens is 1. The normalized spacial score (nSPS) is 18.4. The van der Waals surface area contributed by atoms with E-state index < -0.39 is 21.7 Å². The molecular formula is C16H21N3O3S. The molecule has 0 aliphatic carbocycles. The van der Waals surface area contributed by atoms with Crippen LogP contribution in [0.15, 0.2) is 28.9 Å². The highest BCUT2D eigenvalue weighted by Crippen LogP contribution is 2.19. The van der Waals surface area contributed by atoms with Gasteiger partial charge in [-0.25, -0.2) is 4.21 Å². The predicted octanol–water partition coefficient (Wildman–Crippen LogP) is 1.65. The van der Waals surface area contributed by atoms with Crippen molar-refractivity contribution in [1.29, 1.82) is 0 Å². The molecule has 1 aromatic heterocycles. The topological polar surface area (TPSA) is 79.7 Å². The standard InChI is InChI=1S/C16H21N3O3S/c1-12-9-13(11-17-10-12)6-7-15(20)19-8-4-5-14(19)16(21)18-23(2,3)22/h6-7,9-11,14H,4-5,8H2,1-3H3/b7-6+/t14-/m0/s1. The molecule has 0 saturated carbocycles. The van der Waals surface area contributed by atoms with Crippen LogP contribution in [-0.2, 0) is 19.3 Å². The molecule has 23 heavy (non-hydrogen) atoms. The second-order valence-electron chi connectivity index (χ2n) is 5.93. The van der Waals surface area contributed by atoms with Crippen LogP contribution in [0, 0.1) is 6.92 Å². The van der Waals surface area contributed by atoms with Crippen molar-refractivity contribution in [1.82, 2.24) is 9.88 Å². The van der Waals surface area contributed by atoms with Gasteiger partial charge in [0.25, 0.3) is 5.91 Å². The minimum atomic E-state index is -2.51. The van der Waals surface area contributed by atoms with Crippen molar-refractivity contribution < 1.29 is 13.8 Å². The molecule has 0 aromatic carbocycles. The lowest BCUT2D eigenvalue weighted by atomic mass is 10.2. The molecule has 1 atom stereocenters. The summed E-state index contributed by atoms with van der Waals surface area (Å²) in [5, 5.41) is 0. The van der Waals surface area contributed by atoms with Gasteiger partial charge in [0.05, 0.1) is 0 Å². The van der Waals surface area contributed by atoms with Crippen molar-refractivity contribution >= 4 is 27.6 Å². The number of hydrogen-bond donors (Lipinski definition) is 0. The zero-order valence-electron chi connectivity index (χ0n) is 13.6. The van der Waals surface area contributed by atoms with E-state index >= 15 is 0 Å². The summed E-state index contributed by atoms with van der Waals surface area (Å²) in [6.45, 7) is 2.44. The van der Waals surface area contributed by atoms with Crippen LogP contribution in [0.4, 0.5) is 0 Å². The van der Waals surface area contributed by atoms with E-state index in [4.69, 9.17) is 0 Å². The summed E-state index contributed by atoms with van der Waals surface area (Å²) in [5.74, 6) is -0.715. The van der Waals surface area contributed by atoms with Gasteiger partial charge in [0.2, 0.25) is 5.91 Å². The maximum atomic E-state index is 12.3. The SMILES string of the molecule is Cc1cncc(/C=C/C(=O)N2CCC[C@H]2C(=O)N=S(C)(C)=O)c1. The molecule has 0 unspecified atom stereocenters. The van der Waals surface area contributed by atoms with Crippen LogP contribution in [0.5, 0.6) is 0 Å². The van der Waals surface area contributed by atoms with Gasteiger partial charge in [0.1, 0.15) is 6.04 Å². The Kier molecular flexibility index (Phi) is 5.30. The minimum absolute atomic E-state index is 0.240. The summed E-state index contributed by atoms with van der Waals surface area (Å²) in [5.41, 5.74) is 1.84. The molecule has 0 bridgehead atoms. The zero-order chi connectivity index (χ0) is 17.0. The molecule has 1 saturated heterocycles. The van der Waals surface area contributed by atoms with Gasteiger partial charge in [0.15, 0.2) is 0 Å². The average molecular weight is 335 g/mol. The van der Waals surface area contributed by atoms with Crippen LogP contribution in [-0.4, -0.2) is 51.0 Å². The van der Waals surface area contributed by atoms with E-state index in [0.717, 1.165) is 17.5 Å². The highest BCUT2D eigenvalue weighted by molar-refractivity contribution is 7.92. The Bertz CT molecular complexity index is 756. The first-order valence-electron chi connectivity index (χ1n) is 7.37. The number of aryl methyl sites for hydroxylation is 1. The molecule has 6 nitrogen and oxygen atoms in total. The van der Waals surface area contributed by atoms with Crippen LogP contribution in [0.1, 0.15) is 24.0 Å². The maximum absolute atomic E-state index is 12.3. The Hall–Kier alpha value is -2.02. The summed E-state index contributed by atoms with van der Waals surface area (Å²) in [6.07, 6.45) is 10.7. The molecule has 2 rings (SSSR count). The fourth-order valence-electron chi connectivity index (χ4n) is 2.50. The van der Waals surface area contributed by atoms with E-state index in [1.807, 2.05) is 13.0 Å². The molecule has 124 valence electrons. The van der Waals surface area contributed by atoms with Crippen molar-refractivity contribution in [3.8, 4) is 0 Å². The Labute approximate surface area is 136 Å². The molecule has 2 amide bonds. The molecule has 1 aliphatic heterocycles. The zero-order valence-corrected chi connectivity index (χ0v) is 14.4.